The topological polar surface area (TPSA) is 40.5 Å². The summed E-state index contributed by atoms with van der Waals surface area (Å²) >= 11 is 0. The Balaban J connectivity index is 2.39. The van der Waals surface area contributed by atoms with Crippen molar-refractivity contribution in [2.45, 2.75) is 20.0 Å². The lowest BCUT2D eigenvalue weighted by atomic mass is 9.96. The molecule has 0 aliphatic carbocycles. The van der Waals surface area contributed by atoms with Gasteiger partial charge in [0.15, 0.2) is 0 Å². The Hall–Kier alpha value is -2.13. The van der Waals surface area contributed by atoms with Crippen LogP contribution in [-0.2, 0) is 0 Å². The van der Waals surface area contributed by atoms with Crippen LogP contribution in [-0.4, -0.2) is 29.0 Å². The lowest BCUT2D eigenvalue weighted by Gasteiger charge is -2.22. The molecule has 110 valence electrons. The molecule has 0 radical (unpaired) electrons. The van der Waals surface area contributed by atoms with Crippen LogP contribution in [0, 0.1) is 0 Å². The van der Waals surface area contributed by atoms with Gasteiger partial charge in [0.1, 0.15) is 6.10 Å². The molecule has 0 unspecified atom stereocenters. The second kappa shape index (κ2) is 7.04. The van der Waals surface area contributed by atoms with Crippen molar-refractivity contribution >= 4 is 5.91 Å². The maximum absolute atomic E-state index is 12.6. The van der Waals surface area contributed by atoms with Gasteiger partial charge in [0, 0.05) is 18.7 Å². The highest BCUT2D eigenvalue weighted by Crippen LogP contribution is 2.25. The first-order chi connectivity index (χ1) is 10.2. The van der Waals surface area contributed by atoms with Gasteiger partial charge in [0.25, 0.3) is 5.91 Å². The molecule has 1 N–H and O–H groups in total. The molecule has 1 amide bonds. The standard InChI is InChI=1S/C18H21NO2/c1-3-19(4-2)18(21)16-13-9-8-12-15(16)17(20)14-10-6-5-7-11-14/h5-13,17,20H,3-4H2,1-2H3/t17-/m1/s1. The molecule has 2 aromatic rings. The Bertz CT molecular complexity index is 591. The third-order valence-corrected chi connectivity index (χ3v) is 3.65. The third-order valence-electron chi connectivity index (χ3n) is 3.65. The first kappa shape index (κ1) is 15.3. The summed E-state index contributed by atoms with van der Waals surface area (Å²) in [6, 6.07) is 16.7. The van der Waals surface area contributed by atoms with Crippen LogP contribution >= 0.6 is 0 Å². The fraction of sp³-hybridized carbons (Fsp3) is 0.278. The fourth-order valence-corrected chi connectivity index (χ4v) is 2.43. The van der Waals surface area contributed by atoms with E-state index in [1.807, 2.05) is 62.4 Å². The molecule has 1 atom stereocenters. The van der Waals surface area contributed by atoms with Crippen molar-refractivity contribution in [1.82, 2.24) is 4.90 Å². The SMILES string of the molecule is CCN(CC)C(=O)c1ccccc1[C@H](O)c1ccccc1. The fourth-order valence-electron chi connectivity index (χ4n) is 2.43. The first-order valence-corrected chi connectivity index (χ1v) is 7.30. The van der Waals surface area contributed by atoms with Crippen LogP contribution in [0.5, 0.6) is 0 Å². The molecule has 0 aromatic heterocycles. The quantitative estimate of drug-likeness (QED) is 0.915. The summed E-state index contributed by atoms with van der Waals surface area (Å²) in [6.45, 7) is 5.23. The predicted octanol–water partition coefficient (Wildman–Crippen LogP) is 3.25. The molecule has 0 fully saturated rings. The minimum Gasteiger partial charge on any atom is -0.384 e. The number of hydrogen-bond acceptors (Lipinski definition) is 2. The summed E-state index contributed by atoms with van der Waals surface area (Å²) < 4.78 is 0. The number of carbonyl (C=O) groups excluding carboxylic acids is 1. The van der Waals surface area contributed by atoms with Crippen molar-refractivity contribution < 1.29 is 9.90 Å². The highest BCUT2D eigenvalue weighted by atomic mass is 16.3. The molecule has 0 saturated heterocycles. The zero-order chi connectivity index (χ0) is 15.2. The maximum atomic E-state index is 12.6. The molecule has 0 aliphatic rings. The molecule has 3 heteroatoms. The number of carbonyl (C=O) groups is 1. The maximum Gasteiger partial charge on any atom is 0.254 e. The van der Waals surface area contributed by atoms with Crippen molar-refractivity contribution in [2.24, 2.45) is 0 Å². The average molecular weight is 283 g/mol. The van der Waals surface area contributed by atoms with E-state index in [2.05, 4.69) is 0 Å². The van der Waals surface area contributed by atoms with Crippen molar-refractivity contribution in [3.63, 3.8) is 0 Å². The van der Waals surface area contributed by atoms with Crippen molar-refractivity contribution in [2.75, 3.05) is 13.1 Å². The van der Waals surface area contributed by atoms with Crippen LogP contribution < -0.4 is 0 Å². The zero-order valence-corrected chi connectivity index (χ0v) is 12.5. The van der Waals surface area contributed by atoms with Crippen molar-refractivity contribution in [3.05, 3.63) is 71.3 Å². The molecule has 2 aromatic carbocycles. The van der Waals surface area contributed by atoms with E-state index in [0.29, 0.717) is 24.2 Å². The van der Waals surface area contributed by atoms with Gasteiger partial charge in [0.2, 0.25) is 0 Å². The minimum absolute atomic E-state index is 0.0365. The van der Waals surface area contributed by atoms with Gasteiger partial charge in [0.05, 0.1) is 0 Å². The molecule has 2 rings (SSSR count). The van der Waals surface area contributed by atoms with Gasteiger partial charge in [-0.3, -0.25) is 4.79 Å². The van der Waals surface area contributed by atoms with Crippen LogP contribution in [0.25, 0.3) is 0 Å². The van der Waals surface area contributed by atoms with E-state index in [1.165, 1.54) is 0 Å². The van der Waals surface area contributed by atoms with Crippen LogP contribution in [0.1, 0.15) is 41.4 Å². The second-order valence-corrected chi connectivity index (χ2v) is 4.88. The Labute approximate surface area is 125 Å². The molecular weight excluding hydrogens is 262 g/mol. The number of rotatable bonds is 5. The van der Waals surface area contributed by atoms with Gasteiger partial charge in [-0.1, -0.05) is 48.5 Å². The van der Waals surface area contributed by atoms with Crippen LogP contribution in [0.4, 0.5) is 0 Å². The number of nitrogens with zero attached hydrogens (tertiary/aromatic N) is 1. The van der Waals surface area contributed by atoms with Crippen LogP contribution in [0.15, 0.2) is 54.6 Å². The highest BCUT2D eigenvalue weighted by molar-refractivity contribution is 5.96. The molecule has 0 aliphatic heterocycles. The monoisotopic (exact) mass is 283 g/mol. The van der Waals surface area contributed by atoms with Gasteiger partial charge in [-0.2, -0.15) is 0 Å². The van der Waals surface area contributed by atoms with Crippen LogP contribution in [0.2, 0.25) is 0 Å². The largest absolute Gasteiger partial charge is 0.384 e. The molecular formula is C18H21NO2. The van der Waals surface area contributed by atoms with E-state index in [9.17, 15) is 9.90 Å². The molecule has 0 saturated carbocycles. The smallest absolute Gasteiger partial charge is 0.254 e. The van der Waals surface area contributed by atoms with Crippen LogP contribution in [0.3, 0.4) is 0 Å². The molecule has 21 heavy (non-hydrogen) atoms. The van der Waals surface area contributed by atoms with Crippen molar-refractivity contribution in [1.29, 1.82) is 0 Å². The summed E-state index contributed by atoms with van der Waals surface area (Å²) in [4.78, 5) is 14.3. The van der Waals surface area contributed by atoms with Gasteiger partial charge in [-0.05, 0) is 31.0 Å². The predicted molar refractivity (Wildman–Crippen MR) is 84.2 cm³/mol. The molecule has 0 heterocycles. The number of aliphatic hydroxyl groups excluding tert-OH is 1. The minimum atomic E-state index is -0.790. The van der Waals surface area contributed by atoms with E-state index in [0.717, 1.165) is 5.56 Å². The summed E-state index contributed by atoms with van der Waals surface area (Å²) in [6.07, 6.45) is -0.790. The number of hydrogen-bond donors (Lipinski definition) is 1. The molecule has 3 nitrogen and oxygen atoms in total. The lowest BCUT2D eigenvalue weighted by molar-refractivity contribution is 0.0767. The Kier molecular flexibility index (Phi) is 5.12. The molecule has 0 spiro atoms. The zero-order valence-electron chi connectivity index (χ0n) is 12.5. The molecule has 0 bridgehead atoms. The Morgan fingerprint density at radius 1 is 1.00 bits per heavy atom. The normalized spacial score (nSPS) is 12.0. The second-order valence-electron chi connectivity index (χ2n) is 4.88. The average Bonchev–Trinajstić information content (AvgIpc) is 2.56. The van der Waals surface area contributed by atoms with Crippen molar-refractivity contribution in [3.8, 4) is 0 Å². The highest BCUT2D eigenvalue weighted by Gasteiger charge is 2.21. The number of aliphatic hydroxyl groups is 1. The number of benzene rings is 2. The third kappa shape index (κ3) is 3.31. The summed E-state index contributed by atoms with van der Waals surface area (Å²) in [5, 5.41) is 10.6. The van der Waals surface area contributed by atoms with E-state index in [-0.39, 0.29) is 5.91 Å². The van der Waals surface area contributed by atoms with Gasteiger partial charge >= 0.3 is 0 Å². The first-order valence-electron chi connectivity index (χ1n) is 7.30. The Morgan fingerprint density at radius 3 is 2.19 bits per heavy atom. The van der Waals surface area contributed by atoms with E-state index < -0.39 is 6.10 Å². The van der Waals surface area contributed by atoms with E-state index in [1.54, 1.807) is 11.0 Å². The number of amides is 1. The van der Waals surface area contributed by atoms with Gasteiger partial charge in [-0.25, -0.2) is 0 Å². The van der Waals surface area contributed by atoms with Gasteiger partial charge in [-0.15, -0.1) is 0 Å². The summed E-state index contributed by atoms with van der Waals surface area (Å²) in [5.41, 5.74) is 2.01. The summed E-state index contributed by atoms with van der Waals surface area (Å²) in [5.74, 6) is -0.0365. The van der Waals surface area contributed by atoms with Gasteiger partial charge < -0.3 is 10.0 Å². The van der Waals surface area contributed by atoms with E-state index in [4.69, 9.17) is 0 Å². The summed E-state index contributed by atoms with van der Waals surface area (Å²) in [7, 11) is 0. The lowest BCUT2D eigenvalue weighted by Crippen LogP contribution is -2.31. The Morgan fingerprint density at radius 2 is 1.57 bits per heavy atom. The van der Waals surface area contributed by atoms with E-state index >= 15 is 0 Å².